The van der Waals surface area contributed by atoms with E-state index < -0.39 is 17.4 Å². The van der Waals surface area contributed by atoms with Crippen LogP contribution in [0.15, 0.2) is 24.3 Å². The van der Waals surface area contributed by atoms with Gasteiger partial charge in [0.2, 0.25) is 0 Å². The Labute approximate surface area is 126 Å². The first-order valence-corrected chi connectivity index (χ1v) is 13.2. The summed E-state index contributed by atoms with van der Waals surface area (Å²) < 4.78 is 12.6. The van der Waals surface area contributed by atoms with Gasteiger partial charge in [-0.05, 0) is 43.1 Å². The van der Waals surface area contributed by atoms with Crippen LogP contribution in [-0.2, 0) is 21.9 Å². The van der Waals surface area contributed by atoms with Crippen LogP contribution < -0.4 is 0 Å². The van der Waals surface area contributed by atoms with Crippen LogP contribution in [0.5, 0.6) is 0 Å². The molecule has 0 aliphatic carbocycles. The number of benzene rings is 1. The highest BCUT2D eigenvalue weighted by molar-refractivity contribution is 6.75. The molecule has 20 heavy (non-hydrogen) atoms. The molecule has 0 saturated carbocycles. The topological polar surface area (TPSA) is 18.5 Å². The van der Waals surface area contributed by atoms with Crippen LogP contribution in [0.4, 0.5) is 0 Å². The molecule has 112 valence electrons. The van der Waals surface area contributed by atoms with Gasteiger partial charge in [-0.25, -0.2) is 0 Å². The van der Waals surface area contributed by atoms with Crippen molar-refractivity contribution in [3.8, 4) is 0 Å². The molecule has 1 aromatic carbocycles. The van der Waals surface area contributed by atoms with Crippen LogP contribution in [0.3, 0.4) is 0 Å². The number of aryl methyl sites for hydroxylation is 1. The Morgan fingerprint density at radius 1 is 1.15 bits per heavy atom. The van der Waals surface area contributed by atoms with Crippen molar-refractivity contribution in [1.82, 2.24) is 0 Å². The van der Waals surface area contributed by atoms with Crippen molar-refractivity contribution in [2.75, 3.05) is 0 Å². The zero-order chi connectivity index (χ0) is 14.8. The Morgan fingerprint density at radius 2 is 1.70 bits per heavy atom. The average Bonchev–Trinajstić information content (AvgIpc) is 3.07. The van der Waals surface area contributed by atoms with Gasteiger partial charge in [-0.3, -0.25) is 0 Å². The molecular formula is C16H28O2Si2. The number of rotatable bonds is 7. The normalized spacial score (nSPS) is 25.8. The van der Waals surface area contributed by atoms with Crippen molar-refractivity contribution >= 4 is 17.4 Å². The summed E-state index contributed by atoms with van der Waals surface area (Å²) in [5.74, 6) is 0. The van der Waals surface area contributed by atoms with Crippen LogP contribution in [0, 0.1) is 0 Å². The molecule has 0 amide bonds. The lowest BCUT2D eigenvalue weighted by Gasteiger charge is -2.29. The van der Waals surface area contributed by atoms with E-state index in [9.17, 15) is 0 Å². The molecule has 1 heterocycles. The maximum atomic E-state index is 6.44. The minimum absolute atomic E-state index is 0.252. The molecular weight excluding hydrogens is 280 g/mol. The van der Waals surface area contributed by atoms with Crippen molar-refractivity contribution in [2.24, 2.45) is 0 Å². The fourth-order valence-electron chi connectivity index (χ4n) is 2.81. The van der Waals surface area contributed by atoms with Crippen LogP contribution in [-0.4, -0.2) is 22.6 Å². The van der Waals surface area contributed by atoms with E-state index in [0.29, 0.717) is 6.61 Å². The van der Waals surface area contributed by atoms with Gasteiger partial charge in [-0.15, -0.1) is 0 Å². The summed E-state index contributed by atoms with van der Waals surface area (Å²) >= 11 is 0. The Hall–Kier alpha value is -0.426. The molecule has 0 bridgehead atoms. The molecule has 2 unspecified atom stereocenters. The lowest BCUT2D eigenvalue weighted by atomic mass is 10.1. The predicted molar refractivity (Wildman–Crippen MR) is 90.0 cm³/mol. The monoisotopic (exact) mass is 308 g/mol. The molecule has 1 saturated heterocycles. The van der Waals surface area contributed by atoms with Gasteiger partial charge in [0.1, 0.15) is 0 Å². The molecule has 0 radical (unpaired) electrons. The maximum Gasteiger partial charge on any atom is 0.332 e. The third kappa shape index (κ3) is 3.81. The van der Waals surface area contributed by atoms with Crippen molar-refractivity contribution in [3.05, 3.63) is 35.4 Å². The highest BCUT2D eigenvalue weighted by atomic mass is 28.4. The van der Waals surface area contributed by atoms with Gasteiger partial charge in [0, 0.05) is 5.22 Å². The maximum absolute atomic E-state index is 6.44. The van der Waals surface area contributed by atoms with E-state index in [-0.39, 0.29) is 5.22 Å². The van der Waals surface area contributed by atoms with E-state index in [1.807, 2.05) is 0 Å². The molecule has 2 nitrogen and oxygen atoms in total. The summed E-state index contributed by atoms with van der Waals surface area (Å²) in [4.78, 5) is 0. The Morgan fingerprint density at radius 3 is 2.15 bits per heavy atom. The van der Waals surface area contributed by atoms with Crippen molar-refractivity contribution in [2.45, 2.75) is 64.2 Å². The lowest BCUT2D eigenvalue weighted by molar-refractivity contribution is 0.117. The van der Waals surface area contributed by atoms with Crippen molar-refractivity contribution in [1.29, 1.82) is 0 Å². The van der Waals surface area contributed by atoms with E-state index >= 15 is 0 Å². The highest BCUT2D eigenvalue weighted by Crippen LogP contribution is 2.44. The zero-order valence-electron chi connectivity index (χ0n) is 13.5. The van der Waals surface area contributed by atoms with Gasteiger partial charge in [-0.1, -0.05) is 44.7 Å². The summed E-state index contributed by atoms with van der Waals surface area (Å²) in [5, 5.41) is 0.252. The summed E-state index contributed by atoms with van der Waals surface area (Å²) in [6.45, 7) is 11.9. The average molecular weight is 309 g/mol. The quantitative estimate of drug-likeness (QED) is 0.708. The number of hydrogen-bond donors (Lipinski definition) is 0. The zero-order valence-corrected chi connectivity index (χ0v) is 15.7. The Balaban J connectivity index is 1.88. The lowest BCUT2D eigenvalue weighted by Crippen LogP contribution is -2.41. The molecule has 0 spiro atoms. The van der Waals surface area contributed by atoms with E-state index in [1.54, 1.807) is 0 Å². The number of hydrogen-bond acceptors (Lipinski definition) is 2. The summed E-state index contributed by atoms with van der Waals surface area (Å²) in [7, 11) is -2.63. The van der Waals surface area contributed by atoms with Crippen LogP contribution in [0.25, 0.3) is 0 Å². The van der Waals surface area contributed by atoms with E-state index in [0.717, 1.165) is 12.8 Å². The largest absolute Gasteiger partial charge is 0.392 e. The minimum atomic E-state index is -2.01. The van der Waals surface area contributed by atoms with Crippen molar-refractivity contribution < 1.29 is 8.85 Å². The third-order valence-electron chi connectivity index (χ3n) is 4.45. The fourth-order valence-corrected chi connectivity index (χ4v) is 9.11. The van der Waals surface area contributed by atoms with Gasteiger partial charge >= 0.3 is 8.56 Å². The van der Waals surface area contributed by atoms with Crippen LogP contribution in [0.1, 0.15) is 31.4 Å². The molecule has 0 aromatic heterocycles. The second-order valence-electron chi connectivity index (χ2n) is 6.48. The molecule has 1 aliphatic rings. The van der Waals surface area contributed by atoms with Gasteiger partial charge < -0.3 is 8.85 Å². The fraction of sp³-hybridized carbons (Fsp3) is 0.625. The predicted octanol–water partition coefficient (Wildman–Crippen LogP) is 4.04. The minimum Gasteiger partial charge on any atom is -0.392 e. The SMILES string of the molecule is CCc1ccc(CO[Si](C)(C)OC2(CC)C[SiH]2C)cc1. The summed E-state index contributed by atoms with van der Waals surface area (Å²) in [6.07, 6.45) is 2.25. The van der Waals surface area contributed by atoms with Crippen LogP contribution >= 0.6 is 0 Å². The summed E-state index contributed by atoms with van der Waals surface area (Å²) in [5.41, 5.74) is 2.63. The Bertz CT molecular complexity index is 440. The first kappa shape index (κ1) is 16.0. The molecule has 0 N–H and O–H groups in total. The highest BCUT2D eigenvalue weighted by Gasteiger charge is 2.55. The van der Waals surface area contributed by atoms with Crippen molar-refractivity contribution in [3.63, 3.8) is 0 Å². The molecule has 2 atom stereocenters. The molecule has 4 heteroatoms. The molecule has 1 aliphatic heterocycles. The standard InChI is InChI=1S/C16H28O2Si2/c1-6-14-8-10-15(11-9-14)12-17-20(4,5)18-16(7-2)13-19(16)3/h8-11,19H,6-7,12-13H2,1-5H3. The second-order valence-corrected chi connectivity index (χ2v) is 13.0. The van der Waals surface area contributed by atoms with E-state index in [4.69, 9.17) is 8.85 Å². The first-order chi connectivity index (χ1) is 9.41. The Kier molecular flexibility index (Phi) is 4.89. The van der Waals surface area contributed by atoms with Gasteiger partial charge in [0.05, 0.1) is 15.4 Å². The van der Waals surface area contributed by atoms with Gasteiger partial charge in [0.25, 0.3) is 0 Å². The first-order valence-electron chi connectivity index (χ1n) is 7.83. The molecule has 2 rings (SSSR count). The molecule has 1 fully saturated rings. The summed E-state index contributed by atoms with van der Waals surface area (Å²) in [6, 6.07) is 10.1. The van der Waals surface area contributed by atoms with Crippen LogP contribution in [0.2, 0.25) is 25.7 Å². The third-order valence-corrected chi connectivity index (χ3v) is 9.73. The van der Waals surface area contributed by atoms with E-state index in [2.05, 4.69) is 57.8 Å². The van der Waals surface area contributed by atoms with E-state index in [1.165, 1.54) is 17.2 Å². The molecule has 1 aromatic rings. The van der Waals surface area contributed by atoms with Gasteiger partial charge in [0.15, 0.2) is 0 Å². The smallest absolute Gasteiger partial charge is 0.332 e. The van der Waals surface area contributed by atoms with Gasteiger partial charge in [-0.2, -0.15) is 0 Å². The second kappa shape index (κ2) is 6.14.